The molecule has 1 amide bonds. The maximum absolute atomic E-state index is 10.8. The van der Waals surface area contributed by atoms with Gasteiger partial charge in [0.2, 0.25) is 6.41 Å². The molecule has 2 aromatic rings. The molecule has 3 rings (SSSR count). The number of aromatic nitrogens is 1. The molecule has 0 aliphatic carbocycles. The van der Waals surface area contributed by atoms with Crippen molar-refractivity contribution in [2.75, 3.05) is 13.6 Å². The average Bonchev–Trinajstić information content (AvgIpc) is 3.02. The SMILES string of the molecule is Cc1ccc(-c2cc(C)nc([C@H]3CC[C@@](O)(CCN(C)C=O)N3)c2)cc1. The summed E-state index contributed by atoms with van der Waals surface area (Å²) in [5.41, 5.74) is 4.53. The first-order chi connectivity index (χ1) is 12.4. The Morgan fingerprint density at radius 2 is 2.00 bits per heavy atom. The van der Waals surface area contributed by atoms with E-state index in [1.165, 1.54) is 11.1 Å². The highest BCUT2D eigenvalue weighted by atomic mass is 16.3. The summed E-state index contributed by atoms with van der Waals surface area (Å²) < 4.78 is 0. The van der Waals surface area contributed by atoms with Crippen LogP contribution in [0.25, 0.3) is 11.1 Å². The second-order valence-electron chi connectivity index (χ2n) is 7.39. The molecule has 0 bridgehead atoms. The second-order valence-corrected chi connectivity index (χ2v) is 7.39. The van der Waals surface area contributed by atoms with Gasteiger partial charge in [-0.3, -0.25) is 15.1 Å². The lowest BCUT2D eigenvalue weighted by Gasteiger charge is -2.26. The van der Waals surface area contributed by atoms with Gasteiger partial charge in [-0.15, -0.1) is 0 Å². The number of amides is 1. The highest BCUT2D eigenvalue weighted by Crippen LogP contribution is 2.34. The number of aryl methyl sites for hydroxylation is 2. The first-order valence-electron chi connectivity index (χ1n) is 9.10. The number of nitrogens with one attached hydrogen (secondary N) is 1. The third-order valence-electron chi connectivity index (χ3n) is 5.06. The van der Waals surface area contributed by atoms with E-state index in [4.69, 9.17) is 4.98 Å². The number of rotatable bonds is 6. The smallest absolute Gasteiger partial charge is 0.209 e. The molecular weight excluding hydrogens is 326 g/mol. The molecule has 26 heavy (non-hydrogen) atoms. The van der Waals surface area contributed by atoms with Crippen molar-refractivity contribution in [2.45, 2.75) is 44.9 Å². The van der Waals surface area contributed by atoms with Gasteiger partial charge < -0.3 is 10.0 Å². The van der Waals surface area contributed by atoms with E-state index in [1.54, 1.807) is 11.9 Å². The van der Waals surface area contributed by atoms with Crippen molar-refractivity contribution in [3.8, 4) is 11.1 Å². The molecule has 5 heteroatoms. The summed E-state index contributed by atoms with van der Waals surface area (Å²) in [6.45, 7) is 4.61. The fraction of sp³-hybridized carbons (Fsp3) is 0.429. The summed E-state index contributed by atoms with van der Waals surface area (Å²) in [6, 6.07) is 12.7. The Balaban J connectivity index is 1.77. The Kier molecular flexibility index (Phi) is 5.39. The lowest BCUT2D eigenvalue weighted by atomic mass is 10.0. The Bertz CT molecular complexity index is 775. The minimum absolute atomic E-state index is 0.0191. The van der Waals surface area contributed by atoms with E-state index in [0.29, 0.717) is 19.4 Å². The van der Waals surface area contributed by atoms with Gasteiger partial charge in [-0.2, -0.15) is 0 Å². The molecule has 1 aliphatic rings. The van der Waals surface area contributed by atoms with E-state index in [1.807, 2.05) is 6.92 Å². The molecule has 5 nitrogen and oxygen atoms in total. The van der Waals surface area contributed by atoms with Crippen molar-refractivity contribution in [3.63, 3.8) is 0 Å². The van der Waals surface area contributed by atoms with Crippen LogP contribution in [-0.4, -0.2) is 40.7 Å². The number of aliphatic hydroxyl groups is 1. The molecule has 0 unspecified atom stereocenters. The van der Waals surface area contributed by atoms with Crippen molar-refractivity contribution in [1.29, 1.82) is 0 Å². The van der Waals surface area contributed by atoms with Crippen LogP contribution in [0.1, 0.15) is 42.3 Å². The van der Waals surface area contributed by atoms with E-state index in [2.05, 4.69) is 48.6 Å². The number of benzene rings is 1. The molecule has 1 aromatic carbocycles. The van der Waals surface area contributed by atoms with Gasteiger partial charge >= 0.3 is 0 Å². The lowest BCUT2D eigenvalue weighted by molar-refractivity contribution is -0.117. The summed E-state index contributed by atoms with van der Waals surface area (Å²) in [4.78, 5) is 17.0. The molecule has 1 saturated heterocycles. The Hall–Kier alpha value is -2.24. The van der Waals surface area contributed by atoms with Crippen molar-refractivity contribution in [2.24, 2.45) is 0 Å². The van der Waals surface area contributed by atoms with Crippen LogP contribution in [0.3, 0.4) is 0 Å². The zero-order valence-electron chi connectivity index (χ0n) is 15.7. The number of hydrogen-bond acceptors (Lipinski definition) is 4. The molecule has 1 aliphatic heterocycles. The minimum Gasteiger partial charge on any atom is -0.376 e. The normalized spacial score (nSPS) is 22.4. The van der Waals surface area contributed by atoms with Gasteiger partial charge in [0.25, 0.3) is 0 Å². The van der Waals surface area contributed by atoms with Crippen molar-refractivity contribution in [1.82, 2.24) is 15.2 Å². The van der Waals surface area contributed by atoms with E-state index in [9.17, 15) is 9.90 Å². The number of pyridine rings is 1. The molecule has 138 valence electrons. The summed E-state index contributed by atoms with van der Waals surface area (Å²) in [7, 11) is 1.72. The molecule has 0 radical (unpaired) electrons. The van der Waals surface area contributed by atoms with E-state index >= 15 is 0 Å². The molecule has 2 N–H and O–H groups in total. The van der Waals surface area contributed by atoms with E-state index < -0.39 is 5.72 Å². The number of carbonyl (C=O) groups is 1. The first-order valence-corrected chi connectivity index (χ1v) is 9.10. The quantitative estimate of drug-likeness (QED) is 0.784. The summed E-state index contributed by atoms with van der Waals surface area (Å²) in [6.07, 6.45) is 2.77. The monoisotopic (exact) mass is 353 g/mol. The van der Waals surface area contributed by atoms with Gasteiger partial charge in [0.15, 0.2) is 0 Å². The topological polar surface area (TPSA) is 65.5 Å². The van der Waals surface area contributed by atoms with Crippen LogP contribution in [0.15, 0.2) is 36.4 Å². The third kappa shape index (κ3) is 4.29. The summed E-state index contributed by atoms with van der Waals surface area (Å²) in [5.74, 6) is 0. The third-order valence-corrected chi connectivity index (χ3v) is 5.06. The van der Waals surface area contributed by atoms with Crippen LogP contribution in [0.5, 0.6) is 0 Å². The van der Waals surface area contributed by atoms with Crippen LogP contribution in [0.4, 0.5) is 0 Å². The van der Waals surface area contributed by atoms with Crippen molar-refractivity contribution < 1.29 is 9.90 Å². The molecule has 1 fully saturated rings. The first kappa shape index (κ1) is 18.5. The minimum atomic E-state index is -0.947. The van der Waals surface area contributed by atoms with Crippen LogP contribution in [0.2, 0.25) is 0 Å². The molecule has 0 saturated carbocycles. The predicted molar refractivity (Wildman–Crippen MR) is 103 cm³/mol. The average molecular weight is 353 g/mol. The maximum atomic E-state index is 10.8. The fourth-order valence-electron chi connectivity index (χ4n) is 3.47. The molecule has 2 heterocycles. The summed E-state index contributed by atoms with van der Waals surface area (Å²) >= 11 is 0. The van der Waals surface area contributed by atoms with Crippen LogP contribution in [0, 0.1) is 13.8 Å². The zero-order chi connectivity index (χ0) is 18.7. The van der Waals surface area contributed by atoms with Crippen molar-refractivity contribution in [3.05, 3.63) is 53.3 Å². The predicted octanol–water partition coefficient (Wildman–Crippen LogP) is 2.96. The molecule has 0 spiro atoms. The highest BCUT2D eigenvalue weighted by Gasteiger charge is 2.37. The molecule has 1 aromatic heterocycles. The molecule has 2 atom stereocenters. The second kappa shape index (κ2) is 7.56. The van der Waals surface area contributed by atoms with E-state index in [-0.39, 0.29) is 6.04 Å². The largest absolute Gasteiger partial charge is 0.376 e. The number of nitrogens with zero attached hydrogens (tertiary/aromatic N) is 2. The van der Waals surface area contributed by atoms with Gasteiger partial charge in [-0.25, -0.2) is 0 Å². The number of carbonyl (C=O) groups excluding carboxylic acids is 1. The Morgan fingerprint density at radius 3 is 2.69 bits per heavy atom. The van der Waals surface area contributed by atoms with Gasteiger partial charge in [0, 0.05) is 25.7 Å². The molecular formula is C21H27N3O2. The van der Waals surface area contributed by atoms with Crippen LogP contribution < -0.4 is 5.32 Å². The van der Waals surface area contributed by atoms with Gasteiger partial charge in [0.05, 0.1) is 11.7 Å². The van der Waals surface area contributed by atoms with E-state index in [0.717, 1.165) is 29.8 Å². The van der Waals surface area contributed by atoms with Gasteiger partial charge in [0.1, 0.15) is 5.72 Å². The fourth-order valence-corrected chi connectivity index (χ4v) is 3.47. The zero-order valence-corrected chi connectivity index (χ0v) is 15.7. The van der Waals surface area contributed by atoms with Gasteiger partial charge in [-0.1, -0.05) is 29.8 Å². The summed E-state index contributed by atoms with van der Waals surface area (Å²) in [5, 5.41) is 14.1. The maximum Gasteiger partial charge on any atom is 0.209 e. The highest BCUT2D eigenvalue weighted by molar-refractivity contribution is 5.64. The lowest BCUT2D eigenvalue weighted by Crippen LogP contribution is -2.43. The van der Waals surface area contributed by atoms with Crippen molar-refractivity contribution >= 4 is 6.41 Å². The van der Waals surface area contributed by atoms with Crippen LogP contribution >= 0.6 is 0 Å². The Labute approximate surface area is 155 Å². The number of hydrogen-bond donors (Lipinski definition) is 2. The van der Waals surface area contributed by atoms with Gasteiger partial charge in [-0.05, 0) is 49.9 Å². The Morgan fingerprint density at radius 1 is 1.27 bits per heavy atom. The van der Waals surface area contributed by atoms with Crippen LogP contribution in [-0.2, 0) is 4.79 Å². The standard InChI is InChI=1S/C21H27N3O2/c1-15-4-6-17(7-5-15)18-12-16(2)22-20(13-18)19-8-9-21(26,23-19)10-11-24(3)14-25/h4-7,12-14,19,23,26H,8-11H2,1-3H3/t19-,21-/m1/s1.